The molecule has 7 nitrogen and oxygen atoms in total. The lowest BCUT2D eigenvalue weighted by molar-refractivity contribution is -0.895. The van der Waals surface area contributed by atoms with Crippen LogP contribution in [0, 0.1) is 0 Å². The fraction of sp³-hybridized carbons (Fsp3) is 0.667. The molecule has 1 amide bonds. The predicted octanol–water partition coefficient (Wildman–Crippen LogP) is -0.250. The van der Waals surface area contributed by atoms with Gasteiger partial charge in [0.05, 0.1) is 37.2 Å². The number of ether oxygens (including phenoxy) is 1. The van der Waals surface area contributed by atoms with Crippen LogP contribution in [-0.2, 0) is 32.4 Å². The number of sulfonamides is 1. The van der Waals surface area contributed by atoms with Crippen molar-refractivity contribution in [1.82, 2.24) is 9.62 Å². The number of hydrogen-bond donors (Lipinski definition) is 2. The summed E-state index contributed by atoms with van der Waals surface area (Å²) in [5, 5.41) is 2.95. The van der Waals surface area contributed by atoms with E-state index in [0.717, 1.165) is 43.6 Å². The van der Waals surface area contributed by atoms with E-state index < -0.39 is 10.0 Å². The Labute approximate surface area is 173 Å². The molecular weight excluding hydrogens is 390 g/mol. The van der Waals surface area contributed by atoms with Gasteiger partial charge in [0.15, 0.2) is 6.54 Å². The quantitative estimate of drug-likeness (QED) is 0.663. The molecule has 0 bridgehead atoms. The summed E-state index contributed by atoms with van der Waals surface area (Å²) in [6.45, 7) is 3.95. The van der Waals surface area contributed by atoms with Gasteiger partial charge in [-0.3, -0.25) is 4.79 Å². The van der Waals surface area contributed by atoms with Crippen molar-refractivity contribution in [2.45, 2.75) is 49.5 Å². The highest BCUT2D eigenvalue weighted by molar-refractivity contribution is 7.89. The standard InChI is InChI=1S/C21H31N3O4S/c25-21(22-15-19-6-3-13-28-19)16-23-9-11-24(12-10-23)29(26,27)20-8-7-17-4-1-2-5-18(17)14-20/h7-8,14,19H,1-6,9-13,15-16H2,(H,22,25)/p+1/t19-/m0/s1. The molecule has 0 saturated carbocycles. The Morgan fingerprint density at radius 3 is 2.62 bits per heavy atom. The van der Waals surface area contributed by atoms with Crippen molar-refractivity contribution in [2.24, 2.45) is 0 Å². The summed E-state index contributed by atoms with van der Waals surface area (Å²) < 4.78 is 33.3. The molecule has 1 atom stereocenters. The van der Waals surface area contributed by atoms with Gasteiger partial charge in [-0.25, -0.2) is 8.42 Å². The van der Waals surface area contributed by atoms with Crippen molar-refractivity contribution in [3.05, 3.63) is 29.3 Å². The largest absolute Gasteiger partial charge is 0.376 e. The Bertz CT molecular complexity index is 828. The summed E-state index contributed by atoms with van der Waals surface area (Å²) in [5.74, 6) is 0.0153. The minimum Gasteiger partial charge on any atom is -0.376 e. The second kappa shape index (κ2) is 9.12. The lowest BCUT2D eigenvalue weighted by Gasteiger charge is -2.31. The Morgan fingerprint density at radius 2 is 1.90 bits per heavy atom. The predicted molar refractivity (Wildman–Crippen MR) is 109 cm³/mol. The van der Waals surface area contributed by atoms with Crippen molar-refractivity contribution in [1.29, 1.82) is 0 Å². The highest BCUT2D eigenvalue weighted by Gasteiger charge is 2.31. The van der Waals surface area contributed by atoms with Gasteiger partial charge in [0.1, 0.15) is 0 Å². The minimum absolute atomic E-state index is 0.0153. The number of aryl methyl sites for hydroxylation is 2. The Balaban J connectivity index is 1.28. The minimum atomic E-state index is -3.47. The smallest absolute Gasteiger partial charge is 0.275 e. The molecule has 29 heavy (non-hydrogen) atoms. The lowest BCUT2D eigenvalue weighted by atomic mass is 9.92. The summed E-state index contributed by atoms with van der Waals surface area (Å²) in [6, 6.07) is 5.63. The first-order valence-electron chi connectivity index (χ1n) is 10.9. The fourth-order valence-corrected chi connectivity index (χ4v) is 6.05. The Morgan fingerprint density at radius 1 is 1.14 bits per heavy atom. The van der Waals surface area contributed by atoms with E-state index in [4.69, 9.17) is 4.74 Å². The van der Waals surface area contributed by atoms with E-state index in [1.165, 1.54) is 17.5 Å². The molecule has 1 aliphatic carbocycles. The molecule has 0 unspecified atom stereocenters. The van der Waals surface area contributed by atoms with Crippen molar-refractivity contribution < 1.29 is 22.8 Å². The van der Waals surface area contributed by atoms with Crippen LogP contribution in [0.5, 0.6) is 0 Å². The molecule has 1 aromatic carbocycles. The number of piperazine rings is 1. The highest BCUT2D eigenvalue weighted by atomic mass is 32.2. The fourth-order valence-electron chi connectivity index (χ4n) is 4.56. The molecule has 8 heteroatoms. The summed E-state index contributed by atoms with van der Waals surface area (Å²) in [5.41, 5.74) is 2.47. The van der Waals surface area contributed by atoms with Crippen molar-refractivity contribution in [3.63, 3.8) is 0 Å². The summed E-state index contributed by atoms with van der Waals surface area (Å²) in [6.07, 6.45) is 6.55. The monoisotopic (exact) mass is 422 g/mol. The van der Waals surface area contributed by atoms with Crippen molar-refractivity contribution in [3.8, 4) is 0 Å². The highest BCUT2D eigenvalue weighted by Crippen LogP contribution is 2.25. The van der Waals surface area contributed by atoms with Crippen LogP contribution in [-0.4, -0.2) is 70.6 Å². The third-order valence-corrected chi connectivity index (χ3v) is 8.24. The second-order valence-electron chi connectivity index (χ2n) is 8.41. The van der Waals surface area contributed by atoms with Crippen LogP contribution < -0.4 is 10.2 Å². The topological polar surface area (TPSA) is 80.2 Å². The van der Waals surface area contributed by atoms with Crippen LogP contribution >= 0.6 is 0 Å². The summed E-state index contributed by atoms with van der Waals surface area (Å²) in [4.78, 5) is 13.7. The number of fused-ring (bicyclic) bond motifs is 1. The first-order chi connectivity index (χ1) is 14.0. The normalized spacial score (nSPS) is 23.7. The average molecular weight is 423 g/mol. The number of carbonyl (C=O) groups excluding carboxylic acids is 1. The molecular formula is C21H32N3O4S+. The number of carbonyl (C=O) groups is 1. The van der Waals surface area contributed by atoms with E-state index in [2.05, 4.69) is 5.32 Å². The van der Waals surface area contributed by atoms with E-state index >= 15 is 0 Å². The number of rotatable bonds is 6. The van der Waals surface area contributed by atoms with Gasteiger partial charge in [0.2, 0.25) is 10.0 Å². The van der Waals surface area contributed by atoms with Crippen LogP contribution in [0.4, 0.5) is 0 Å². The first-order valence-corrected chi connectivity index (χ1v) is 12.3. The lowest BCUT2D eigenvalue weighted by Crippen LogP contribution is -3.15. The Hall–Kier alpha value is -1.48. The molecule has 2 heterocycles. The third kappa shape index (κ3) is 4.99. The molecule has 2 N–H and O–H groups in total. The second-order valence-corrected chi connectivity index (χ2v) is 10.3. The zero-order valence-electron chi connectivity index (χ0n) is 17.0. The zero-order chi connectivity index (χ0) is 20.3. The SMILES string of the molecule is O=C(C[NH+]1CCN(S(=O)(=O)c2ccc3c(c2)CCCC3)CC1)NC[C@@H]1CCCO1. The Kier molecular flexibility index (Phi) is 6.53. The van der Waals surface area contributed by atoms with Gasteiger partial charge in [0, 0.05) is 13.2 Å². The van der Waals surface area contributed by atoms with Crippen LogP contribution in [0.1, 0.15) is 36.8 Å². The van der Waals surface area contributed by atoms with Gasteiger partial charge in [-0.05, 0) is 61.8 Å². The molecule has 1 aromatic rings. The molecule has 0 radical (unpaired) electrons. The maximum absolute atomic E-state index is 13.1. The van der Waals surface area contributed by atoms with Gasteiger partial charge >= 0.3 is 0 Å². The third-order valence-electron chi connectivity index (χ3n) is 6.35. The number of nitrogens with zero attached hydrogens (tertiary/aromatic N) is 1. The molecule has 0 aromatic heterocycles. The zero-order valence-corrected chi connectivity index (χ0v) is 17.8. The number of amides is 1. The van der Waals surface area contributed by atoms with Crippen LogP contribution in [0.25, 0.3) is 0 Å². The first kappa shape index (κ1) is 20.8. The molecule has 2 fully saturated rings. The van der Waals surface area contributed by atoms with E-state index in [9.17, 15) is 13.2 Å². The van der Waals surface area contributed by atoms with Gasteiger partial charge in [-0.15, -0.1) is 0 Å². The number of nitrogens with one attached hydrogen (secondary N) is 2. The van der Waals surface area contributed by atoms with Gasteiger partial charge < -0.3 is 15.0 Å². The molecule has 2 saturated heterocycles. The molecule has 160 valence electrons. The van der Waals surface area contributed by atoms with Crippen LogP contribution in [0.2, 0.25) is 0 Å². The maximum atomic E-state index is 13.1. The molecule has 3 aliphatic rings. The van der Waals surface area contributed by atoms with Crippen molar-refractivity contribution >= 4 is 15.9 Å². The molecule has 4 rings (SSSR count). The average Bonchev–Trinajstić information content (AvgIpc) is 3.26. The maximum Gasteiger partial charge on any atom is 0.275 e. The van der Waals surface area contributed by atoms with Crippen LogP contribution in [0.15, 0.2) is 23.1 Å². The number of quaternary nitrogens is 1. The molecule has 0 spiro atoms. The van der Waals surface area contributed by atoms with Crippen molar-refractivity contribution in [2.75, 3.05) is 45.9 Å². The summed E-state index contributed by atoms with van der Waals surface area (Å²) >= 11 is 0. The van der Waals surface area contributed by atoms with Gasteiger partial charge in [0.25, 0.3) is 5.91 Å². The van der Waals surface area contributed by atoms with E-state index in [0.29, 0.717) is 44.2 Å². The van der Waals surface area contributed by atoms with E-state index in [-0.39, 0.29) is 12.0 Å². The van der Waals surface area contributed by atoms with Gasteiger partial charge in [-0.2, -0.15) is 4.31 Å². The van der Waals surface area contributed by atoms with E-state index in [1.54, 1.807) is 10.4 Å². The number of benzene rings is 1. The van der Waals surface area contributed by atoms with E-state index in [1.807, 2.05) is 12.1 Å². The number of hydrogen-bond acceptors (Lipinski definition) is 4. The summed E-state index contributed by atoms with van der Waals surface area (Å²) in [7, 11) is -3.47. The van der Waals surface area contributed by atoms with Gasteiger partial charge in [-0.1, -0.05) is 6.07 Å². The van der Waals surface area contributed by atoms with Crippen LogP contribution in [0.3, 0.4) is 0 Å². The molecule has 2 aliphatic heterocycles.